The average Bonchev–Trinajstić information content (AvgIpc) is 2.72. The minimum absolute atomic E-state index is 0.0535. The normalized spacial score (nSPS) is 18.6. The molecular formula is C12H12F2N2O2. The average molecular weight is 254 g/mol. The van der Waals surface area contributed by atoms with Crippen molar-refractivity contribution < 1.29 is 18.4 Å². The van der Waals surface area contributed by atoms with Gasteiger partial charge < -0.3 is 10.6 Å². The number of rotatable bonds is 3. The first kappa shape index (κ1) is 12.5. The van der Waals surface area contributed by atoms with Gasteiger partial charge in [0.15, 0.2) is 0 Å². The lowest BCUT2D eigenvalue weighted by Gasteiger charge is -2.11. The summed E-state index contributed by atoms with van der Waals surface area (Å²) in [5, 5.41) is 5.18. The first-order valence-electron chi connectivity index (χ1n) is 5.59. The molecule has 1 aromatic carbocycles. The van der Waals surface area contributed by atoms with Gasteiger partial charge in [-0.15, -0.1) is 0 Å². The van der Waals surface area contributed by atoms with E-state index in [-0.39, 0.29) is 24.1 Å². The van der Waals surface area contributed by atoms with Crippen LogP contribution in [0.3, 0.4) is 0 Å². The van der Waals surface area contributed by atoms with E-state index in [0.29, 0.717) is 18.9 Å². The maximum Gasteiger partial charge on any atom is 0.254 e. The van der Waals surface area contributed by atoms with Gasteiger partial charge in [0.2, 0.25) is 5.91 Å². The first-order valence-corrected chi connectivity index (χ1v) is 5.59. The highest BCUT2D eigenvalue weighted by Crippen LogP contribution is 2.10. The van der Waals surface area contributed by atoms with Crippen LogP contribution in [0.4, 0.5) is 8.78 Å². The Morgan fingerprint density at radius 3 is 2.83 bits per heavy atom. The van der Waals surface area contributed by atoms with Gasteiger partial charge in [-0.25, -0.2) is 8.78 Å². The Hall–Kier alpha value is -1.98. The zero-order valence-electron chi connectivity index (χ0n) is 9.50. The number of carbonyl (C=O) groups is 2. The standard InChI is InChI=1S/C12H12F2N2O2/c13-7-1-3-9(10(14)5-7)12(18)15-6-8-2-4-11(17)16-8/h1,3,5,8H,2,4,6H2,(H,15,18)(H,16,17). The highest BCUT2D eigenvalue weighted by molar-refractivity contribution is 5.94. The van der Waals surface area contributed by atoms with Gasteiger partial charge in [-0.3, -0.25) is 9.59 Å². The van der Waals surface area contributed by atoms with Crippen molar-refractivity contribution in [2.45, 2.75) is 18.9 Å². The second kappa shape index (κ2) is 5.12. The van der Waals surface area contributed by atoms with Crippen molar-refractivity contribution in [2.75, 3.05) is 6.54 Å². The highest BCUT2D eigenvalue weighted by Gasteiger charge is 2.21. The van der Waals surface area contributed by atoms with E-state index in [4.69, 9.17) is 0 Å². The Morgan fingerprint density at radius 2 is 2.22 bits per heavy atom. The maximum atomic E-state index is 13.3. The third-order valence-corrected chi connectivity index (χ3v) is 2.77. The lowest BCUT2D eigenvalue weighted by molar-refractivity contribution is -0.119. The van der Waals surface area contributed by atoms with Crippen LogP contribution in [0.1, 0.15) is 23.2 Å². The summed E-state index contributed by atoms with van der Waals surface area (Å²) in [6.45, 7) is 0.237. The van der Waals surface area contributed by atoms with Gasteiger partial charge >= 0.3 is 0 Å². The van der Waals surface area contributed by atoms with Gasteiger partial charge in [-0.05, 0) is 18.6 Å². The molecule has 18 heavy (non-hydrogen) atoms. The summed E-state index contributed by atoms with van der Waals surface area (Å²) in [5.41, 5.74) is -0.208. The Morgan fingerprint density at radius 1 is 1.44 bits per heavy atom. The molecule has 0 saturated carbocycles. The molecule has 1 heterocycles. The van der Waals surface area contributed by atoms with Crippen molar-refractivity contribution in [3.8, 4) is 0 Å². The minimum Gasteiger partial charge on any atom is -0.352 e. The van der Waals surface area contributed by atoms with E-state index in [9.17, 15) is 18.4 Å². The number of benzene rings is 1. The molecule has 4 nitrogen and oxygen atoms in total. The lowest BCUT2D eigenvalue weighted by atomic mass is 10.2. The topological polar surface area (TPSA) is 58.2 Å². The van der Waals surface area contributed by atoms with Gasteiger partial charge in [0.1, 0.15) is 11.6 Å². The summed E-state index contributed by atoms with van der Waals surface area (Å²) >= 11 is 0. The molecule has 0 aromatic heterocycles. The van der Waals surface area contributed by atoms with Gasteiger partial charge in [0, 0.05) is 25.1 Å². The fourth-order valence-electron chi connectivity index (χ4n) is 1.82. The van der Waals surface area contributed by atoms with Crippen molar-refractivity contribution >= 4 is 11.8 Å². The quantitative estimate of drug-likeness (QED) is 0.844. The summed E-state index contributed by atoms with van der Waals surface area (Å²) in [4.78, 5) is 22.6. The number of amides is 2. The van der Waals surface area contributed by atoms with E-state index in [0.717, 1.165) is 12.1 Å². The van der Waals surface area contributed by atoms with Crippen molar-refractivity contribution in [3.05, 3.63) is 35.4 Å². The van der Waals surface area contributed by atoms with Gasteiger partial charge in [0.25, 0.3) is 5.91 Å². The van der Waals surface area contributed by atoms with Crippen LogP contribution in [0, 0.1) is 11.6 Å². The van der Waals surface area contributed by atoms with Gasteiger partial charge in [-0.2, -0.15) is 0 Å². The summed E-state index contributed by atoms with van der Waals surface area (Å²) in [6, 6.07) is 2.65. The third kappa shape index (κ3) is 2.82. The third-order valence-electron chi connectivity index (χ3n) is 2.77. The summed E-state index contributed by atoms with van der Waals surface area (Å²) in [6.07, 6.45) is 1.08. The molecular weight excluding hydrogens is 242 g/mol. The van der Waals surface area contributed by atoms with Crippen LogP contribution in [0.15, 0.2) is 18.2 Å². The van der Waals surface area contributed by atoms with Crippen LogP contribution in [0.2, 0.25) is 0 Å². The van der Waals surface area contributed by atoms with Crippen molar-refractivity contribution in [3.63, 3.8) is 0 Å². The fraction of sp³-hybridized carbons (Fsp3) is 0.333. The zero-order chi connectivity index (χ0) is 13.1. The van der Waals surface area contributed by atoms with Gasteiger partial charge in [0.05, 0.1) is 5.56 Å². The Labute approximate surface area is 102 Å². The zero-order valence-corrected chi connectivity index (χ0v) is 9.50. The number of hydrogen-bond acceptors (Lipinski definition) is 2. The van der Waals surface area contributed by atoms with E-state index >= 15 is 0 Å². The van der Waals surface area contributed by atoms with E-state index in [1.165, 1.54) is 0 Å². The molecule has 0 radical (unpaired) electrons. The molecule has 0 bridgehead atoms. The van der Waals surface area contributed by atoms with Crippen LogP contribution in [-0.2, 0) is 4.79 Å². The predicted molar refractivity (Wildman–Crippen MR) is 59.9 cm³/mol. The molecule has 1 fully saturated rings. The summed E-state index contributed by atoms with van der Waals surface area (Å²) in [7, 11) is 0. The van der Waals surface area contributed by atoms with Gasteiger partial charge in [-0.1, -0.05) is 0 Å². The number of carbonyl (C=O) groups excluding carboxylic acids is 2. The molecule has 1 saturated heterocycles. The number of hydrogen-bond donors (Lipinski definition) is 2. The molecule has 2 amide bonds. The fourth-order valence-corrected chi connectivity index (χ4v) is 1.82. The van der Waals surface area contributed by atoms with Crippen LogP contribution < -0.4 is 10.6 Å². The molecule has 1 aliphatic heterocycles. The van der Waals surface area contributed by atoms with E-state index in [2.05, 4.69) is 10.6 Å². The molecule has 1 unspecified atom stereocenters. The van der Waals surface area contributed by atoms with Crippen LogP contribution in [0.25, 0.3) is 0 Å². The Kier molecular flexibility index (Phi) is 3.55. The smallest absolute Gasteiger partial charge is 0.254 e. The molecule has 6 heteroatoms. The highest BCUT2D eigenvalue weighted by atomic mass is 19.1. The molecule has 2 rings (SSSR count). The van der Waals surface area contributed by atoms with Crippen LogP contribution in [-0.4, -0.2) is 24.4 Å². The Bertz CT molecular complexity index is 491. The number of halogens is 2. The molecule has 96 valence electrons. The summed E-state index contributed by atoms with van der Waals surface area (Å²) in [5.74, 6) is -2.30. The van der Waals surface area contributed by atoms with E-state index in [1.54, 1.807) is 0 Å². The van der Waals surface area contributed by atoms with Crippen molar-refractivity contribution in [1.29, 1.82) is 0 Å². The van der Waals surface area contributed by atoms with Crippen LogP contribution >= 0.6 is 0 Å². The molecule has 2 N–H and O–H groups in total. The monoisotopic (exact) mass is 254 g/mol. The molecule has 1 atom stereocenters. The first-order chi connectivity index (χ1) is 8.56. The SMILES string of the molecule is O=C1CCC(CNC(=O)c2ccc(F)cc2F)N1. The summed E-state index contributed by atoms with van der Waals surface area (Å²) < 4.78 is 26.0. The largest absolute Gasteiger partial charge is 0.352 e. The van der Waals surface area contributed by atoms with Crippen molar-refractivity contribution in [2.24, 2.45) is 0 Å². The minimum atomic E-state index is -0.900. The second-order valence-electron chi connectivity index (χ2n) is 4.14. The van der Waals surface area contributed by atoms with E-state index < -0.39 is 17.5 Å². The van der Waals surface area contributed by atoms with Crippen molar-refractivity contribution in [1.82, 2.24) is 10.6 Å². The number of nitrogens with one attached hydrogen (secondary N) is 2. The molecule has 1 aliphatic rings. The predicted octanol–water partition coefficient (Wildman–Crippen LogP) is 0.973. The molecule has 0 spiro atoms. The van der Waals surface area contributed by atoms with E-state index in [1.807, 2.05) is 0 Å². The molecule has 0 aliphatic carbocycles. The Balaban J connectivity index is 1.93. The maximum absolute atomic E-state index is 13.3. The van der Waals surface area contributed by atoms with Crippen LogP contribution in [0.5, 0.6) is 0 Å². The lowest BCUT2D eigenvalue weighted by Crippen LogP contribution is -2.38. The molecule has 1 aromatic rings. The second-order valence-corrected chi connectivity index (χ2v) is 4.14.